The summed E-state index contributed by atoms with van der Waals surface area (Å²) in [5, 5.41) is 8.32. The first-order valence-corrected chi connectivity index (χ1v) is 9.16. The van der Waals surface area contributed by atoms with Crippen LogP contribution in [-0.4, -0.2) is 29.3 Å². The SMILES string of the molecule is Cc1ccc(C2OC=NN2C)cc1-c1ccc(NC(=O)c2c(F)cncc2F)cc1. The standard InChI is InChI=1S/C22H18F2N4O2/c1-13-3-4-15(22-28(2)26-12-30-22)9-17(13)14-5-7-16(8-6-14)27-21(29)20-18(23)10-25-11-19(20)24/h3-12,22H,1-2H3,(H,27,29). The molecule has 1 unspecified atom stereocenters. The van der Waals surface area contributed by atoms with Crippen LogP contribution in [0.5, 0.6) is 0 Å². The first-order valence-electron chi connectivity index (χ1n) is 9.16. The minimum absolute atomic E-state index is 0.284. The maximum absolute atomic E-state index is 13.7. The summed E-state index contributed by atoms with van der Waals surface area (Å²) in [5.74, 6) is -2.90. The zero-order valence-corrected chi connectivity index (χ0v) is 16.3. The third-order valence-electron chi connectivity index (χ3n) is 4.84. The monoisotopic (exact) mass is 408 g/mol. The number of nitrogens with one attached hydrogen (secondary N) is 1. The van der Waals surface area contributed by atoms with Crippen molar-refractivity contribution in [2.45, 2.75) is 13.2 Å². The third kappa shape index (κ3) is 3.71. The second-order valence-electron chi connectivity index (χ2n) is 6.87. The van der Waals surface area contributed by atoms with Crippen LogP contribution in [0.25, 0.3) is 11.1 Å². The molecular weight excluding hydrogens is 390 g/mol. The Balaban J connectivity index is 1.56. The summed E-state index contributed by atoms with van der Waals surface area (Å²) in [6, 6.07) is 13.0. The Morgan fingerprint density at radius 2 is 1.80 bits per heavy atom. The van der Waals surface area contributed by atoms with Crippen molar-refractivity contribution in [3.05, 3.63) is 83.2 Å². The maximum Gasteiger partial charge on any atom is 0.261 e. The average Bonchev–Trinajstić information content (AvgIpc) is 3.15. The van der Waals surface area contributed by atoms with Crippen LogP contribution in [0.2, 0.25) is 0 Å². The van der Waals surface area contributed by atoms with Gasteiger partial charge in [0, 0.05) is 18.3 Å². The third-order valence-corrected chi connectivity index (χ3v) is 4.84. The van der Waals surface area contributed by atoms with Crippen molar-refractivity contribution in [1.82, 2.24) is 9.99 Å². The average molecular weight is 408 g/mol. The number of halogens is 2. The molecule has 2 aromatic carbocycles. The summed E-state index contributed by atoms with van der Waals surface area (Å²) < 4.78 is 33.0. The van der Waals surface area contributed by atoms with Gasteiger partial charge in [0.05, 0.1) is 12.4 Å². The van der Waals surface area contributed by atoms with Crippen molar-refractivity contribution in [1.29, 1.82) is 0 Å². The molecule has 1 aliphatic heterocycles. The Labute approximate surface area is 171 Å². The van der Waals surface area contributed by atoms with E-state index in [2.05, 4.69) is 15.4 Å². The predicted octanol–water partition coefficient (Wildman–Crippen LogP) is 4.49. The van der Waals surface area contributed by atoms with Gasteiger partial charge in [0.25, 0.3) is 5.91 Å². The fraction of sp³-hybridized carbons (Fsp3) is 0.136. The van der Waals surface area contributed by atoms with E-state index in [-0.39, 0.29) is 6.23 Å². The topological polar surface area (TPSA) is 66.8 Å². The van der Waals surface area contributed by atoms with Crippen molar-refractivity contribution in [3.8, 4) is 11.1 Å². The molecule has 0 fully saturated rings. The number of nitrogens with zero attached hydrogens (tertiary/aromatic N) is 3. The molecule has 0 bridgehead atoms. The molecule has 0 saturated heterocycles. The quantitative estimate of drug-likeness (QED) is 0.691. The number of hydrogen-bond acceptors (Lipinski definition) is 5. The lowest BCUT2D eigenvalue weighted by atomic mass is 9.97. The first kappa shape index (κ1) is 19.5. The number of hydrazone groups is 1. The Morgan fingerprint density at radius 1 is 1.10 bits per heavy atom. The minimum Gasteiger partial charge on any atom is -0.453 e. The van der Waals surface area contributed by atoms with Crippen LogP contribution < -0.4 is 5.32 Å². The van der Waals surface area contributed by atoms with Gasteiger partial charge in [-0.25, -0.2) is 8.78 Å². The van der Waals surface area contributed by atoms with Crippen LogP contribution in [0, 0.1) is 18.6 Å². The molecule has 0 aliphatic carbocycles. The van der Waals surface area contributed by atoms with Gasteiger partial charge in [0.1, 0.15) is 5.56 Å². The summed E-state index contributed by atoms with van der Waals surface area (Å²) >= 11 is 0. The second-order valence-corrected chi connectivity index (χ2v) is 6.87. The number of carbonyl (C=O) groups excluding carboxylic acids is 1. The lowest BCUT2D eigenvalue weighted by Gasteiger charge is -2.19. The van der Waals surface area contributed by atoms with E-state index in [4.69, 9.17) is 4.74 Å². The molecule has 1 aromatic heterocycles. The van der Waals surface area contributed by atoms with Gasteiger partial charge < -0.3 is 10.1 Å². The number of aryl methyl sites for hydroxylation is 1. The maximum atomic E-state index is 13.7. The molecule has 0 spiro atoms. The summed E-state index contributed by atoms with van der Waals surface area (Å²) in [6.45, 7) is 2.00. The number of ether oxygens (including phenoxy) is 1. The molecule has 1 amide bonds. The van der Waals surface area contributed by atoms with E-state index < -0.39 is 23.1 Å². The molecule has 0 saturated carbocycles. The molecule has 1 N–H and O–H groups in total. The van der Waals surface area contributed by atoms with Gasteiger partial charge in [0.2, 0.25) is 6.23 Å². The Morgan fingerprint density at radius 3 is 2.43 bits per heavy atom. The van der Waals surface area contributed by atoms with E-state index in [0.29, 0.717) is 5.69 Å². The van der Waals surface area contributed by atoms with Crippen LogP contribution in [0.15, 0.2) is 60.0 Å². The molecule has 0 radical (unpaired) electrons. The normalized spacial score (nSPS) is 15.2. The summed E-state index contributed by atoms with van der Waals surface area (Å²) in [5.41, 5.74) is 3.70. The molecule has 2 heterocycles. The summed E-state index contributed by atoms with van der Waals surface area (Å²) in [6.07, 6.45) is 2.73. The molecule has 1 aliphatic rings. The van der Waals surface area contributed by atoms with E-state index in [1.807, 2.05) is 44.3 Å². The van der Waals surface area contributed by atoms with Crippen LogP contribution in [0.3, 0.4) is 0 Å². The lowest BCUT2D eigenvalue weighted by molar-refractivity contribution is 0.0814. The highest BCUT2D eigenvalue weighted by Gasteiger charge is 2.22. The van der Waals surface area contributed by atoms with E-state index in [0.717, 1.165) is 34.6 Å². The van der Waals surface area contributed by atoms with Gasteiger partial charge >= 0.3 is 0 Å². The van der Waals surface area contributed by atoms with Gasteiger partial charge in [-0.3, -0.25) is 14.8 Å². The zero-order valence-electron chi connectivity index (χ0n) is 16.3. The Bertz CT molecular complexity index is 1110. The van der Waals surface area contributed by atoms with Gasteiger partial charge in [-0.05, 0) is 41.8 Å². The van der Waals surface area contributed by atoms with Gasteiger partial charge in [0.15, 0.2) is 18.0 Å². The lowest BCUT2D eigenvalue weighted by Crippen LogP contribution is -2.16. The fourth-order valence-corrected chi connectivity index (χ4v) is 3.26. The van der Waals surface area contributed by atoms with Gasteiger partial charge in [-0.1, -0.05) is 24.3 Å². The van der Waals surface area contributed by atoms with Crippen molar-refractivity contribution >= 4 is 18.0 Å². The molecular formula is C22H18F2N4O2. The number of aromatic nitrogens is 1. The van der Waals surface area contributed by atoms with Crippen LogP contribution in [-0.2, 0) is 4.74 Å². The molecule has 4 rings (SSSR count). The van der Waals surface area contributed by atoms with Gasteiger partial charge in [-0.15, -0.1) is 5.10 Å². The van der Waals surface area contributed by atoms with Crippen molar-refractivity contribution in [2.75, 3.05) is 12.4 Å². The molecule has 6 nitrogen and oxygen atoms in total. The van der Waals surface area contributed by atoms with Crippen LogP contribution >= 0.6 is 0 Å². The fourth-order valence-electron chi connectivity index (χ4n) is 3.26. The molecule has 8 heteroatoms. The highest BCUT2D eigenvalue weighted by atomic mass is 19.1. The van der Waals surface area contributed by atoms with E-state index in [1.54, 1.807) is 17.1 Å². The number of anilines is 1. The Kier molecular flexibility index (Phi) is 5.14. The zero-order chi connectivity index (χ0) is 21.3. The summed E-state index contributed by atoms with van der Waals surface area (Å²) in [7, 11) is 1.83. The minimum atomic E-state index is -1.01. The smallest absolute Gasteiger partial charge is 0.261 e. The number of hydrogen-bond donors (Lipinski definition) is 1. The second kappa shape index (κ2) is 7.90. The van der Waals surface area contributed by atoms with Crippen molar-refractivity contribution in [3.63, 3.8) is 0 Å². The summed E-state index contributed by atoms with van der Waals surface area (Å²) in [4.78, 5) is 15.6. The van der Waals surface area contributed by atoms with Crippen molar-refractivity contribution in [2.24, 2.45) is 5.10 Å². The number of pyridine rings is 1. The number of amides is 1. The Hall–Kier alpha value is -3.81. The predicted molar refractivity (Wildman–Crippen MR) is 109 cm³/mol. The molecule has 30 heavy (non-hydrogen) atoms. The van der Waals surface area contributed by atoms with E-state index in [1.165, 1.54) is 6.40 Å². The molecule has 3 aromatic rings. The van der Waals surface area contributed by atoms with E-state index >= 15 is 0 Å². The number of carbonyl (C=O) groups is 1. The molecule has 1 atom stereocenters. The van der Waals surface area contributed by atoms with Crippen LogP contribution in [0.4, 0.5) is 14.5 Å². The van der Waals surface area contributed by atoms with E-state index in [9.17, 15) is 13.6 Å². The van der Waals surface area contributed by atoms with Crippen LogP contribution in [0.1, 0.15) is 27.7 Å². The number of rotatable bonds is 4. The number of benzene rings is 2. The highest BCUT2D eigenvalue weighted by Crippen LogP contribution is 2.31. The molecule has 152 valence electrons. The largest absolute Gasteiger partial charge is 0.453 e. The van der Waals surface area contributed by atoms with Crippen molar-refractivity contribution < 1.29 is 18.3 Å². The first-order chi connectivity index (χ1) is 14.4. The van der Waals surface area contributed by atoms with Gasteiger partial charge in [-0.2, -0.15) is 0 Å². The highest BCUT2D eigenvalue weighted by molar-refractivity contribution is 6.04.